The number of allylic oxidation sites excluding steroid dienone is 1. The molecule has 0 amide bonds. The average Bonchev–Trinajstić information content (AvgIpc) is 2.75. The van der Waals surface area contributed by atoms with E-state index in [1.807, 2.05) is 0 Å². The maximum Gasteiger partial charge on any atom is 0.0175 e. The van der Waals surface area contributed by atoms with Crippen molar-refractivity contribution in [2.24, 2.45) is 0 Å². The summed E-state index contributed by atoms with van der Waals surface area (Å²) in [6.45, 7) is 2.08. The van der Waals surface area contributed by atoms with Crippen LogP contribution in [0.25, 0.3) is 5.57 Å². The predicted octanol–water partition coefficient (Wildman–Crippen LogP) is 4.96. The molecule has 2 aromatic rings. The van der Waals surface area contributed by atoms with Gasteiger partial charge in [-0.1, -0.05) is 34.1 Å². The van der Waals surface area contributed by atoms with Crippen LogP contribution >= 0.6 is 27.3 Å². The molecule has 0 spiro atoms. The van der Waals surface area contributed by atoms with Gasteiger partial charge in [-0.25, -0.2) is 0 Å². The minimum Gasteiger partial charge on any atom is -0.152 e. The monoisotopic (exact) mass is 278 g/mol. The normalized spacial score (nSPS) is 11.7. The van der Waals surface area contributed by atoms with E-state index in [9.17, 15) is 0 Å². The molecule has 76 valence electrons. The number of hydrogen-bond acceptors (Lipinski definition) is 1. The molecule has 0 aliphatic rings. The lowest BCUT2D eigenvalue weighted by Gasteiger charge is -2.05. The second-order valence-corrected chi connectivity index (χ2v) is 4.92. The number of halogens is 1. The van der Waals surface area contributed by atoms with Crippen molar-refractivity contribution in [2.75, 3.05) is 0 Å². The van der Waals surface area contributed by atoms with Crippen molar-refractivity contribution < 1.29 is 0 Å². The third-order valence-corrected chi connectivity index (χ3v) is 3.49. The Hall–Kier alpha value is -0.860. The zero-order valence-corrected chi connectivity index (χ0v) is 10.8. The zero-order chi connectivity index (χ0) is 10.7. The van der Waals surface area contributed by atoms with E-state index in [1.165, 1.54) is 16.7 Å². The van der Waals surface area contributed by atoms with E-state index >= 15 is 0 Å². The molecule has 0 atom stereocenters. The van der Waals surface area contributed by atoms with Crippen LogP contribution in [0.2, 0.25) is 0 Å². The van der Waals surface area contributed by atoms with Gasteiger partial charge >= 0.3 is 0 Å². The highest BCUT2D eigenvalue weighted by Crippen LogP contribution is 2.26. The van der Waals surface area contributed by atoms with Gasteiger partial charge in [0.15, 0.2) is 0 Å². The molecule has 0 fully saturated rings. The fraction of sp³-hybridized carbons (Fsp3) is 0.0769. The Morgan fingerprint density at radius 3 is 2.40 bits per heavy atom. The van der Waals surface area contributed by atoms with Crippen LogP contribution in [0.5, 0.6) is 0 Å². The molecule has 0 nitrogen and oxygen atoms in total. The zero-order valence-electron chi connectivity index (χ0n) is 8.41. The maximum absolute atomic E-state index is 3.45. The van der Waals surface area contributed by atoms with Gasteiger partial charge in [-0.3, -0.25) is 0 Å². The van der Waals surface area contributed by atoms with Gasteiger partial charge in [0, 0.05) is 4.47 Å². The molecule has 1 aromatic carbocycles. The van der Waals surface area contributed by atoms with Crippen molar-refractivity contribution in [3.63, 3.8) is 0 Å². The van der Waals surface area contributed by atoms with Gasteiger partial charge in [0.05, 0.1) is 0 Å². The summed E-state index contributed by atoms with van der Waals surface area (Å²) in [5.74, 6) is 0. The third-order valence-electron chi connectivity index (χ3n) is 2.28. The van der Waals surface area contributed by atoms with Crippen LogP contribution in [0, 0.1) is 0 Å². The van der Waals surface area contributed by atoms with Gasteiger partial charge in [-0.2, -0.15) is 11.3 Å². The molecule has 1 aromatic heterocycles. The number of hydrogen-bond donors (Lipinski definition) is 0. The van der Waals surface area contributed by atoms with E-state index in [0.29, 0.717) is 0 Å². The summed E-state index contributed by atoms with van der Waals surface area (Å²) in [4.78, 5) is 0. The standard InChI is InChI=1S/C13H11BrS/c1-2-13(11-7-8-15-9-11)10-3-5-12(14)6-4-10/h2-9H,1H3. The van der Waals surface area contributed by atoms with E-state index in [4.69, 9.17) is 0 Å². The molecule has 0 aliphatic heterocycles. The molecule has 0 radical (unpaired) electrons. The first-order chi connectivity index (χ1) is 7.31. The fourth-order valence-corrected chi connectivity index (χ4v) is 2.47. The van der Waals surface area contributed by atoms with Crippen LogP contribution in [-0.2, 0) is 0 Å². The van der Waals surface area contributed by atoms with Crippen LogP contribution in [0.15, 0.2) is 51.6 Å². The van der Waals surface area contributed by atoms with Crippen LogP contribution in [-0.4, -0.2) is 0 Å². The summed E-state index contributed by atoms with van der Waals surface area (Å²) in [5.41, 5.74) is 3.85. The molecule has 0 bridgehead atoms. The van der Waals surface area contributed by atoms with Gasteiger partial charge in [0.25, 0.3) is 0 Å². The molecule has 15 heavy (non-hydrogen) atoms. The summed E-state index contributed by atoms with van der Waals surface area (Å²) < 4.78 is 1.12. The molecular formula is C13H11BrS. The van der Waals surface area contributed by atoms with Crippen LogP contribution in [0.3, 0.4) is 0 Å². The van der Waals surface area contributed by atoms with E-state index in [1.54, 1.807) is 11.3 Å². The highest BCUT2D eigenvalue weighted by atomic mass is 79.9. The smallest absolute Gasteiger partial charge is 0.0175 e. The van der Waals surface area contributed by atoms with E-state index in [0.717, 1.165) is 4.47 Å². The molecular weight excluding hydrogens is 268 g/mol. The average molecular weight is 279 g/mol. The van der Waals surface area contributed by atoms with E-state index in [2.05, 4.69) is 70.0 Å². The molecule has 2 rings (SSSR count). The Morgan fingerprint density at radius 2 is 1.87 bits per heavy atom. The summed E-state index contributed by atoms with van der Waals surface area (Å²) in [5, 5.41) is 4.29. The quantitative estimate of drug-likeness (QED) is 0.728. The van der Waals surface area contributed by atoms with Gasteiger partial charge < -0.3 is 0 Å². The molecule has 2 heteroatoms. The molecule has 0 N–H and O–H groups in total. The highest BCUT2D eigenvalue weighted by molar-refractivity contribution is 9.10. The summed E-state index contributed by atoms with van der Waals surface area (Å²) >= 11 is 5.18. The van der Waals surface area contributed by atoms with Crippen molar-refractivity contribution in [2.45, 2.75) is 6.92 Å². The first-order valence-corrected chi connectivity index (χ1v) is 6.49. The molecule has 0 saturated carbocycles. The first kappa shape index (κ1) is 10.7. The Balaban J connectivity index is 2.41. The van der Waals surface area contributed by atoms with Gasteiger partial charge in [0.2, 0.25) is 0 Å². The second kappa shape index (κ2) is 4.77. The molecule has 1 heterocycles. The predicted molar refractivity (Wildman–Crippen MR) is 71.2 cm³/mol. The molecule has 0 saturated heterocycles. The van der Waals surface area contributed by atoms with Crippen molar-refractivity contribution in [1.82, 2.24) is 0 Å². The lowest BCUT2D eigenvalue weighted by Crippen LogP contribution is -1.84. The summed E-state index contributed by atoms with van der Waals surface area (Å²) in [7, 11) is 0. The summed E-state index contributed by atoms with van der Waals surface area (Å²) in [6.07, 6.45) is 2.16. The van der Waals surface area contributed by atoms with Gasteiger partial charge in [-0.15, -0.1) is 0 Å². The Morgan fingerprint density at radius 1 is 1.13 bits per heavy atom. The molecule has 0 aliphatic carbocycles. The minimum atomic E-state index is 1.12. The SMILES string of the molecule is CC=C(c1ccc(Br)cc1)c1ccsc1. The lowest BCUT2D eigenvalue weighted by atomic mass is 10.0. The van der Waals surface area contributed by atoms with Crippen molar-refractivity contribution in [3.05, 3.63) is 62.8 Å². The number of rotatable bonds is 2. The van der Waals surface area contributed by atoms with Crippen LogP contribution in [0.1, 0.15) is 18.1 Å². The second-order valence-electron chi connectivity index (χ2n) is 3.22. The van der Waals surface area contributed by atoms with E-state index < -0.39 is 0 Å². The largest absolute Gasteiger partial charge is 0.152 e. The topological polar surface area (TPSA) is 0 Å². The van der Waals surface area contributed by atoms with Crippen molar-refractivity contribution in [3.8, 4) is 0 Å². The Kier molecular flexibility index (Phi) is 3.39. The summed E-state index contributed by atoms with van der Waals surface area (Å²) in [6, 6.07) is 10.6. The number of benzene rings is 1. The van der Waals surface area contributed by atoms with Gasteiger partial charge in [0.1, 0.15) is 0 Å². The molecule has 0 unspecified atom stereocenters. The van der Waals surface area contributed by atoms with Crippen LogP contribution in [0.4, 0.5) is 0 Å². The minimum absolute atomic E-state index is 1.12. The van der Waals surface area contributed by atoms with E-state index in [-0.39, 0.29) is 0 Å². The van der Waals surface area contributed by atoms with Gasteiger partial charge in [-0.05, 0) is 52.6 Å². The highest BCUT2D eigenvalue weighted by Gasteiger charge is 2.03. The maximum atomic E-state index is 3.45. The first-order valence-electron chi connectivity index (χ1n) is 4.76. The Labute approximate surface area is 102 Å². The third kappa shape index (κ3) is 2.39. The van der Waals surface area contributed by atoms with Crippen molar-refractivity contribution in [1.29, 1.82) is 0 Å². The number of thiophene rings is 1. The lowest BCUT2D eigenvalue weighted by molar-refractivity contribution is 1.54. The fourth-order valence-electron chi connectivity index (χ4n) is 1.55. The van der Waals surface area contributed by atoms with Crippen LogP contribution < -0.4 is 0 Å². The van der Waals surface area contributed by atoms with Crippen molar-refractivity contribution >= 4 is 32.8 Å². The Bertz CT molecular complexity index is 452.